The van der Waals surface area contributed by atoms with Crippen LogP contribution in [-0.4, -0.2) is 25.5 Å². The SMILES string of the molecule is C[C@H](Nc1ccc2c(c1)OCO2)C(=O)Nc1ccc2c(c1)OCO2. The summed E-state index contributed by atoms with van der Waals surface area (Å²) in [4.78, 5) is 12.3. The molecule has 24 heavy (non-hydrogen) atoms. The molecular formula is C17H16N2O5. The van der Waals surface area contributed by atoms with E-state index >= 15 is 0 Å². The molecule has 2 aromatic rings. The van der Waals surface area contributed by atoms with E-state index in [0.29, 0.717) is 28.7 Å². The van der Waals surface area contributed by atoms with Gasteiger partial charge in [-0.1, -0.05) is 0 Å². The molecule has 0 radical (unpaired) electrons. The van der Waals surface area contributed by atoms with Crippen molar-refractivity contribution in [2.24, 2.45) is 0 Å². The zero-order chi connectivity index (χ0) is 16.5. The molecule has 2 aromatic carbocycles. The lowest BCUT2D eigenvalue weighted by atomic mass is 10.2. The number of fused-ring (bicyclic) bond motifs is 2. The molecule has 0 saturated heterocycles. The van der Waals surface area contributed by atoms with E-state index in [4.69, 9.17) is 18.9 Å². The quantitative estimate of drug-likeness (QED) is 0.898. The molecule has 0 fully saturated rings. The van der Waals surface area contributed by atoms with Gasteiger partial charge in [-0.2, -0.15) is 0 Å². The van der Waals surface area contributed by atoms with Gasteiger partial charge in [0.1, 0.15) is 6.04 Å². The normalized spacial score (nSPS) is 15.0. The fraction of sp³-hybridized carbons (Fsp3) is 0.235. The van der Waals surface area contributed by atoms with Crippen molar-refractivity contribution in [3.05, 3.63) is 36.4 Å². The summed E-state index contributed by atoms with van der Waals surface area (Å²) in [5, 5.41) is 5.99. The zero-order valence-electron chi connectivity index (χ0n) is 13.0. The fourth-order valence-corrected chi connectivity index (χ4v) is 2.53. The Kier molecular flexibility index (Phi) is 3.53. The van der Waals surface area contributed by atoms with Gasteiger partial charge >= 0.3 is 0 Å². The van der Waals surface area contributed by atoms with Crippen LogP contribution >= 0.6 is 0 Å². The monoisotopic (exact) mass is 328 g/mol. The van der Waals surface area contributed by atoms with Crippen molar-refractivity contribution in [3.63, 3.8) is 0 Å². The Morgan fingerprint density at radius 3 is 2.08 bits per heavy atom. The van der Waals surface area contributed by atoms with Crippen molar-refractivity contribution in [2.45, 2.75) is 13.0 Å². The Hall–Kier alpha value is -3.09. The van der Waals surface area contributed by atoms with Crippen LogP contribution in [0.1, 0.15) is 6.92 Å². The minimum Gasteiger partial charge on any atom is -0.454 e. The van der Waals surface area contributed by atoms with Crippen LogP contribution in [0.4, 0.5) is 11.4 Å². The lowest BCUT2D eigenvalue weighted by molar-refractivity contribution is -0.116. The molecule has 0 aliphatic carbocycles. The first kappa shape index (κ1) is 14.5. The number of amides is 1. The lowest BCUT2D eigenvalue weighted by Gasteiger charge is -2.15. The summed E-state index contributed by atoms with van der Waals surface area (Å²) < 4.78 is 21.2. The van der Waals surface area contributed by atoms with E-state index < -0.39 is 6.04 Å². The van der Waals surface area contributed by atoms with Crippen molar-refractivity contribution in [3.8, 4) is 23.0 Å². The second kappa shape index (κ2) is 5.84. The number of hydrogen-bond acceptors (Lipinski definition) is 6. The number of hydrogen-bond donors (Lipinski definition) is 2. The Balaban J connectivity index is 1.41. The van der Waals surface area contributed by atoms with Gasteiger partial charge < -0.3 is 29.6 Å². The number of carbonyl (C=O) groups excluding carboxylic acids is 1. The van der Waals surface area contributed by atoms with Gasteiger partial charge in [-0.05, 0) is 31.2 Å². The van der Waals surface area contributed by atoms with Gasteiger partial charge in [-0.25, -0.2) is 0 Å². The predicted octanol–water partition coefficient (Wildman–Crippen LogP) is 2.58. The van der Waals surface area contributed by atoms with E-state index in [1.165, 1.54) is 0 Å². The van der Waals surface area contributed by atoms with Crippen molar-refractivity contribution >= 4 is 17.3 Å². The average molecular weight is 328 g/mol. The van der Waals surface area contributed by atoms with Gasteiger partial charge in [-0.15, -0.1) is 0 Å². The molecule has 2 N–H and O–H groups in total. The smallest absolute Gasteiger partial charge is 0.246 e. The summed E-state index contributed by atoms with van der Waals surface area (Å²) >= 11 is 0. The number of carbonyl (C=O) groups is 1. The predicted molar refractivity (Wildman–Crippen MR) is 86.8 cm³/mol. The van der Waals surface area contributed by atoms with E-state index in [1.54, 1.807) is 25.1 Å². The summed E-state index contributed by atoms with van der Waals surface area (Å²) in [5.41, 5.74) is 1.44. The number of ether oxygens (including phenoxy) is 4. The Morgan fingerprint density at radius 2 is 1.42 bits per heavy atom. The first-order chi connectivity index (χ1) is 11.7. The second-order valence-corrected chi connectivity index (χ2v) is 5.49. The van der Waals surface area contributed by atoms with Crippen LogP contribution in [0.25, 0.3) is 0 Å². The molecular weight excluding hydrogens is 312 g/mol. The molecule has 1 atom stereocenters. The van der Waals surface area contributed by atoms with Crippen molar-refractivity contribution in [1.29, 1.82) is 0 Å². The van der Waals surface area contributed by atoms with Gasteiger partial charge in [0.25, 0.3) is 0 Å². The third-order valence-electron chi connectivity index (χ3n) is 3.79. The Bertz CT molecular complexity index is 793. The number of rotatable bonds is 4. The van der Waals surface area contributed by atoms with E-state index in [1.807, 2.05) is 18.2 Å². The molecule has 7 heteroatoms. The third-order valence-corrected chi connectivity index (χ3v) is 3.79. The van der Waals surface area contributed by atoms with Crippen LogP contribution < -0.4 is 29.6 Å². The molecule has 7 nitrogen and oxygen atoms in total. The molecule has 2 heterocycles. The van der Waals surface area contributed by atoms with Crippen LogP contribution in [0, 0.1) is 0 Å². The van der Waals surface area contributed by atoms with E-state index in [2.05, 4.69) is 10.6 Å². The van der Waals surface area contributed by atoms with Crippen molar-refractivity contribution in [2.75, 3.05) is 24.2 Å². The maximum Gasteiger partial charge on any atom is 0.246 e. The summed E-state index contributed by atoms with van der Waals surface area (Å²) in [6, 6.07) is 10.3. The Labute approximate surface area is 138 Å². The van der Waals surface area contributed by atoms with E-state index in [-0.39, 0.29) is 19.5 Å². The number of anilines is 2. The topological polar surface area (TPSA) is 78.1 Å². The molecule has 0 spiro atoms. The summed E-state index contributed by atoms with van der Waals surface area (Å²) in [5.74, 6) is 2.52. The maximum atomic E-state index is 12.3. The standard InChI is InChI=1S/C17H16N2O5/c1-10(18-11-2-4-13-15(6-11)23-8-21-13)17(20)19-12-3-5-14-16(7-12)24-9-22-14/h2-7,10,18H,8-9H2,1H3,(H,19,20)/t10-/m0/s1. The van der Waals surface area contributed by atoms with Gasteiger partial charge in [-0.3, -0.25) is 4.79 Å². The van der Waals surface area contributed by atoms with E-state index in [9.17, 15) is 4.79 Å². The third kappa shape index (κ3) is 2.76. The zero-order valence-corrected chi connectivity index (χ0v) is 13.0. The minimum atomic E-state index is -0.434. The van der Waals surface area contributed by atoms with Crippen LogP contribution in [0.5, 0.6) is 23.0 Å². The summed E-state index contributed by atoms with van der Waals surface area (Å²) in [6.45, 7) is 2.21. The highest BCUT2D eigenvalue weighted by atomic mass is 16.7. The largest absolute Gasteiger partial charge is 0.454 e. The van der Waals surface area contributed by atoms with E-state index in [0.717, 1.165) is 5.69 Å². The molecule has 4 rings (SSSR count). The molecule has 2 aliphatic rings. The maximum absolute atomic E-state index is 12.3. The van der Waals surface area contributed by atoms with Crippen LogP contribution in [0.15, 0.2) is 36.4 Å². The second-order valence-electron chi connectivity index (χ2n) is 5.49. The average Bonchev–Trinajstić information content (AvgIpc) is 3.22. The van der Waals surface area contributed by atoms with Crippen LogP contribution in [0.3, 0.4) is 0 Å². The molecule has 0 bridgehead atoms. The first-order valence-electron chi connectivity index (χ1n) is 7.56. The molecule has 124 valence electrons. The molecule has 0 unspecified atom stereocenters. The highest BCUT2D eigenvalue weighted by molar-refractivity contribution is 5.96. The summed E-state index contributed by atoms with van der Waals surface area (Å²) in [6.07, 6.45) is 0. The van der Waals surface area contributed by atoms with Crippen molar-refractivity contribution in [1.82, 2.24) is 0 Å². The van der Waals surface area contributed by atoms with Gasteiger partial charge in [0.15, 0.2) is 23.0 Å². The number of benzene rings is 2. The molecule has 0 saturated carbocycles. The Morgan fingerprint density at radius 1 is 0.875 bits per heavy atom. The van der Waals surface area contributed by atoms with Gasteiger partial charge in [0.2, 0.25) is 19.5 Å². The van der Waals surface area contributed by atoms with Crippen molar-refractivity contribution < 1.29 is 23.7 Å². The first-order valence-corrected chi connectivity index (χ1v) is 7.56. The number of nitrogens with one attached hydrogen (secondary N) is 2. The molecule has 1 amide bonds. The highest BCUT2D eigenvalue weighted by Crippen LogP contribution is 2.35. The van der Waals surface area contributed by atoms with Gasteiger partial charge in [0.05, 0.1) is 0 Å². The molecule has 0 aromatic heterocycles. The van der Waals surface area contributed by atoms with Gasteiger partial charge in [0, 0.05) is 23.5 Å². The minimum absolute atomic E-state index is 0.161. The highest BCUT2D eigenvalue weighted by Gasteiger charge is 2.18. The van der Waals surface area contributed by atoms with Crippen LogP contribution in [0.2, 0.25) is 0 Å². The molecule has 2 aliphatic heterocycles. The fourth-order valence-electron chi connectivity index (χ4n) is 2.53. The van der Waals surface area contributed by atoms with Crippen LogP contribution in [-0.2, 0) is 4.79 Å². The lowest BCUT2D eigenvalue weighted by Crippen LogP contribution is -2.31. The summed E-state index contributed by atoms with van der Waals surface area (Å²) in [7, 11) is 0.